The minimum Gasteiger partial charge on any atom is -0.381 e. The third-order valence-corrected chi connectivity index (χ3v) is 6.83. The van der Waals surface area contributed by atoms with Gasteiger partial charge in [-0.2, -0.15) is 5.10 Å². The summed E-state index contributed by atoms with van der Waals surface area (Å²) < 4.78 is 4.70. The molecule has 0 fully saturated rings. The van der Waals surface area contributed by atoms with Gasteiger partial charge < -0.3 is 16.0 Å². The molecule has 0 aliphatic heterocycles. The molecule has 5 heterocycles. The van der Waals surface area contributed by atoms with Crippen LogP contribution in [0.25, 0.3) is 16.6 Å². The van der Waals surface area contributed by atoms with E-state index in [1.165, 1.54) is 4.52 Å². The van der Waals surface area contributed by atoms with E-state index in [4.69, 9.17) is 10.7 Å². The first-order valence-corrected chi connectivity index (χ1v) is 13.2. The molecule has 1 amide bonds. The molecule has 1 unspecified atom stereocenters. The first kappa shape index (κ1) is 26.5. The van der Waals surface area contributed by atoms with E-state index in [1.807, 2.05) is 14.0 Å². The highest BCUT2D eigenvalue weighted by Crippen LogP contribution is 2.21. The summed E-state index contributed by atoms with van der Waals surface area (Å²) in [4.78, 5) is 44.0. The maximum absolute atomic E-state index is 14.1. The van der Waals surface area contributed by atoms with E-state index in [0.29, 0.717) is 40.9 Å². The van der Waals surface area contributed by atoms with Gasteiger partial charge in [0.15, 0.2) is 11.5 Å². The number of H-pyrrole nitrogens is 1. The highest BCUT2D eigenvalue weighted by molar-refractivity contribution is 6.04. The lowest BCUT2D eigenvalue weighted by Crippen LogP contribution is -2.34. The zero-order valence-corrected chi connectivity index (χ0v) is 23.2. The normalized spacial score (nSPS) is 11.9. The van der Waals surface area contributed by atoms with Crippen LogP contribution in [0.1, 0.15) is 51.7 Å². The number of hydrogen-bond donors (Lipinski definition) is 3. The van der Waals surface area contributed by atoms with Crippen LogP contribution < -0.4 is 16.6 Å². The monoisotopic (exact) mass is 561 g/mol. The third-order valence-electron chi connectivity index (χ3n) is 6.83. The van der Waals surface area contributed by atoms with Crippen molar-refractivity contribution in [3.05, 3.63) is 99.6 Å². The molecule has 0 saturated heterocycles. The highest BCUT2D eigenvalue weighted by atomic mass is 16.2. The van der Waals surface area contributed by atoms with Crippen molar-refractivity contribution in [2.75, 3.05) is 5.73 Å². The van der Waals surface area contributed by atoms with Crippen molar-refractivity contribution in [1.82, 2.24) is 49.2 Å². The molecular formula is C29H27N11O2. The molecule has 0 spiro atoms. The summed E-state index contributed by atoms with van der Waals surface area (Å²) in [5, 5.41) is 11.7. The first-order chi connectivity index (χ1) is 20.3. The summed E-state index contributed by atoms with van der Waals surface area (Å²) in [5.41, 5.74) is 9.67. The van der Waals surface area contributed by atoms with Gasteiger partial charge in [0.1, 0.15) is 11.4 Å². The van der Waals surface area contributed by atoms with E-state index >= 15 is 0 Å². The number of nitrogens with two attached hydrogens (primary N) is 1. The molecule has 42 heavy (non-hydrogen) atoms. The van der Waals surface area contributed by atoms with Gasteiger partial charge in [0.2, 0.25) is 0 Å². The molecule has 4 N–H and O–H groups in total. The smallest absolute Gasteiger partial charge is 0.262 e. The maximum atomic E-state index is 14.1. The topological polar surface area (TPSA) is 167 Å². The summed E-state index contributed by atoms with van der Waals surface area (Å²) >= 11 is 0. The van der Waals surface area contributed by atoms with Crippen LogP contribution in [0.15, 0.2) is 60.2 Å². The molecule has 210 valence electrons. The van der Waals surface area contributed by atoms with Gasteiger partial charge in [-0.15, -0.1) is 5.10 Å². The summed E-state index contributed by atoms with van der Waals surface area (Å²) in [6.07, 6.45) is 8.95. The second-order valence-electron chi connectivity index (χ2n) is 9.90. The standard InChI is InChI=1S/C29H27N11O2/c1-17-9-12-40-27(34-17)24(25(30)37-40)28(41)35-18(2)26-36-22-6-4-5-20(8-7-19-13-33-38(3)15-19)23(22)29(42)39(26)11-10-21-14-31-16-32-21/h4-6,9,12-16,18H,10-11H2,1-3H3,(H2,30,37)(H,31,32)(H,35,41). The Kier molecular flexibility index (Phi) is 6.71. The molecule has 13 nitrogen and oxygen atoms in total. The molecule has 0 aliphatic rings. The Morgan fingerprint density at radius 1 is 1.19 bits per heavy atom. The fourth-order valence-corrected chi connectivity index (χ4v) is 4.80. The van der Waals surface area contributed by atoms with Crippen molar-refractivity contribution < 1.29 is 4.79 Å². The van der Waals surface area contributed by atoms with Gasteiger partial charge in [0.25, 0.3) is 11.5 Å². The lowest BCUT2D eigenvalue weighted by atomic mass is 10.1. The average Bonchev–Trinajstić information content (AvgIpc) is 3.70. The molecule has 0 bridgehead atoms. The van der Waals surface area contributed by atoms with Gasteiger partial charge in [-0.25, -0.2) is 19.5 Å². The molecule has 13 heteroatoms. The van der Waals surface area contributed by atoms with Crippen molar-refractivity contribution in [1.29, 1.82) is 0 Å². The maximum Gasteiger partial charge on any atom is 0.262 e. The zero-order chi connectivity index (χ0) is 29.4. The number of rotatable bonds is 6. The Hall–Kier alpha value is -5.77. The zero-order valence-electron chi connectivity index (χ0n) is 23.2. The number of carbonyl (C=O) groups is 1. The number of nitrogens with one attached hydrogen (secondary N) is 2. The largest absolute Gasteiger partial charge is 0.381 e. The highest BCUT2D eigenvalue weighted by Gasteiger charge is 2.24. The van der Waals surface area contributed by atoms with E-state index in [0.717, 1.165) is 17.0 Å². The fourth-order valence-electron chi connectivity index (χ4n) is 4.80. The molecule has 0 radical (unpaired) electrons. The van der Waals surface area contributed by atoms with Crippen molar-refractivity contribution in [2.45, 2.75) is 32.9 Å². The van der Waals surface area contributed by atoms with Crippen LogP contribution >= 0.6 is 0 Å². The van der Waals surface area contributed by atoms with Gasteiger partial charge in [0, 0.05) is 55.6 Å². The van der Waals surface area contributed by atoms with E-state index in [2.05, 4.69) is 42.3 Å². The number of fused-ring (bicyclic) bond motifs is 2. The van der Waals surface area contributed by atoms with Crippen molar-refractivity contribution >= 4 is 28.3 Å². The summed E-state index contributed by atoms with van der Waals surface area (Å²) in [7, 11) is 1.81. The number of hydrogen-bond acceptors (Lipinski definition) is 8. The second-order valence-corrected chi connectivity index (χ2v) is 9.90. The van der Waals surface area contributed by atoms with Crippen LogP contribution in [0.5, 0.6) is 0 Å². The number of aromatic amines is 1. The first-order valence-electron chi connectivity index (χ1n) is 13.2. The van der Waals surface area contributed by atoms with E-state index in [1.54, 1.807) is 71.6 Å². The van der Waals surface area contributed by atoms with Gasteiger partial charge in [-0.1, -0.05) is 17.9 Å². The van der Waals surface area contributed by atoms with Gasteiger partial charge in [-0.3, -0.25) is 18.8 Å². The molecule has 0 saturated carbocycles. The lowest BCUT2D eigenvalue weighted by Gasteiger charge is -2.20. The molecule has 6 rings (SSSR count). The number of nitrogens with zero attached hydrogens (tertiary/aromatic N) is 8. The lowest BCUT2D eigenvalue weighted by molar-refractivity contribution is 0.0939. The number of carbonyl (C=O) groups excluding carboxylic acids is 1. The fraction of sp³-hybridized carbons (Fsp3) is 0.207. The van der Waals surface area contributed by atoms with Crippen LogP contribution in [0, 0.1) is 18.8 Å². The minimum atomic E-state index is -0.666. The average molecular weight is 562 g/mol. The number of amides is 1. The summed E-state index contributed by atoms with van der Waals surface area (Å²) in [5.74, 6) is 6.15. The molecular weight excluding hydrogens is 534 g/mol. The minimum absolute atomic E-state index is 0.0535. The predicted octanol–water partition coefficient (Wildman–Crippen LogP) is 1.92. The predicted molar refractivity (Wildman–Crippen MR) is 156 cm³/mol. The van der Waals surface area contributed by atoms with Crippen LogP contribution in [0.2, 0.25) is 0 Å². The van der Waals surface area contributed by atoms with Crippen molar-refractivity contribution in [3.8, 4) is 11.8 Å². The number of aryl methyl sites for hydroxylation is 3. The Balaban J connectivity index is 1.42. The van der Waals surface area contributed by atoms with E-state index in [9.17, 15) is 9.59 Å². The SMILES string of the molecule is Cc1ccn2nc(N)c(C(=O)NC(C)c3nc4cccc(C#Cc5cnn(C)c5)c4c(=O)n3CCc3cnc[nH]3)c2n1. The number of imidazole rings is 1. The van der Waals surface area contributed by atoms with Gasteiger partial charge >= 0.3 is 0 Å². The second kappa shape index (κ2) is 10.7. The quantitative estimate of drug-likeness (QED) is 0.259. The number of anilines is 1. The third kappa shape index (κ3) is 4.97. The molecule has 1 aromatic carbocycles. The summed E-state index contributed by atoms with van der Waals surface area (Å²) in [6.45, 7) is 3.88. The number of nitrogen functional groups attached to an aromatic ring is 1. The van der Waals surface area contributed by atoms with E-state index in [-0.39, 0.29) is 16.9 Å². The molecule has 6 aromatic rings. The van der Waals surface area contributed by atoms with Crippen molar-refractivity contribution in [2.24, 2.45) is 7.05 Å². The Morgan fingerprint density at radius 2 is 2.05 bits per heavy atom. The van der Waals surface area contributed by atoms with Gasteiger partial charge in [0.05, 0.1) is 35.0 Å². The van der Waals surface area contributed by atoms with Crippen LogP contribution in [-0.2, 0) is 20.0 Å². The van der Waals surface area contributed by atoms with Crippen LogP contribution in [0.4, 0.5) is 5.82 Å². The van der Waals surface area contributed by atoms with E-state index < -0.39 is 11.9 Å². The summed E-state index contributed by atoms with van der Waals surface area (Å²) in [6, 6.07) is 6.47. The Morgan fingerprint density at radius 3 is 2.81 bits per heavy atom. The number of benzene rings is 1. The molecule has 1 atom stereocenters. The number of aromatic nitrogens is 9. The Bertz CT molecular complexity index is 2070. The van der Waals surface area contributed by atoms with Crippen molar-refractivity contribution in [3.63, 3.8) is 0 Å². The molecule has 0 aliphatic carbocycles. The van der Waals surface area contributed by atoms with Crippen LogP contribution in [-0.4, -0.2) is 49.8 Å². The molecule has 5 aromatic heterocycles. The Labute approximate surface area is 239 Å². The van der Waals surface area contributed by atoms with Crippen LogP contribution in [0.3, 0.4) is 0 Å². The van der Waals surface area contributed by atoms with Gasteiger partial charge in [-0.05, 0) is 32.0 Å².